The highest BCUT2D eigenvalue weighted by atomic mass is 79.9. The van der Waals surface area contributed by atoms with Gasteiger partial charge in [0.05, 0.1) is 0 Å². The van der Waals surface area contributed by atoms with E-state index in [4.69, 9.17) is 4.74 Å². The van der Waals surface area contributed by atoms with Crippen LogP contribution >= 0.6 is 15.9 Å². The summed E-state index contributed by atoms with van der Waals surface area (Å²) in [5.74, 6) is 0.346. The third-order valence-corrected chi connectivity index (χ3v) is 3.08. The van der Waals surface area contributed by atoms with Gasteiger partial charge in [0.1, 0.15) is 11.8 Å². The Morgan fingerprint density at radius 2 is 2.11 bits per heavy atom. The van der Waals surface area contributed by atoms with Crippen LogP contribution in [0.5, 0.6) is 0 Å². The fourth-order valence-corrected chi connectivity index (χ4v) is 2.06. The van der Waals surface area contributed by atoms with Gasteiger partial charge in [-0.15, -0.1) is 0 Å². The van der Waals surface area contributed by atoms with Crippen molar-refractivity contribution >= 4 is 15.9 Å². The van der Waals surface area contributed by atoms with Gasteiger partial charge < -0.3 is 4.74 Å². The van der Waals surface area contributed by atoms with E-state index in [1.165, 1.54) is 6.20 Å². The van der Waals surface area contributed by atoms with Crippen molar-refractivity contribution < 1.29 is 13.5 Å². The molecule has 0 aliphatic carbocycles. The van der Waals surface area contributed by atoms with E-state index in [9.17, 15) is 8.78 Å². The predicted molar refractivity (Wildman–Crippen MR) is 68.9 cm³/mol. The van der Waals surface area contributed by atoms with Gasteiger partial charge in [0.2, 0.25) is 0 Å². The molecule has 0 aromatic carbocycles. The zero-order valence-electron chi connectivity index (χ0n) is 10.5. The summed E-state index contributed by atoms with van der Waals surface area (Å²) < 4.78 is 31.3. The minimum atomic E-state index is -2.59. The second kappa shape index (κ2) is 7.74. The van der Waals surface area contributed by atoms with Gasteiger partial charge in [0.15, 0.2) is 5.82 Å². The maximum Gasteiger partial charge on any atom is 0.280 e. The monoisotopic (exact) mass is 322 g/mol. The molecule has 0 saturated heterocycles. The molecule has 1 aromatic heterocycles. The van der Waals surface area contributed by atoms with E-state index in [1.807, 2.05) is 13.8 Å². The summed E-state index contributed by atoms with van der Waals surface area (Å²) in [4.78, 5) is 8.10. The third kappa shape index (κ3) is 3.95. The topological polar surface area (TPSA) is 35.0 Å². The van der Waals surface area contributed by atoms with Gasteiger partial charge in [-0.25, -0.2) is 18.7 Å². The van der Waals surface area contributed by atoms with Crippen LogP contribution in [-0.4, -0.2) is 16.6 Å². The van der Waals surface area contributed by atoms with E-state index in [0.717, 1.165) is 12.8 Å². The fourth-order valence-electron chi connectivity index (χ4n) is 1.63. The van der Waals surface area contributed by atoms with Gasteiger partial charge in [-0.3, -0.25) is 0 Å². The summed E-state index contributed by atoms with van der Waals surface area (Å²) in [6, 6.07) is 0. The molecule has 0 bridgehead atoms. The SMILES string of the molecule is CCCC(OCC)c1ncc(CBr)c(C(F)F)n1. The minimum absolute atomic E-state index is 0.210. The Labute approximate surface area is 114 Å². The molecule has 3 nitrogen and oxygen atoms in total. The summed E-state index contributed by atoms with van der Waals surface area (Å²) in [7, 11) is 0. The second-order valence-corrected chi connectivity index (χ2v) is 4.37. The maximum absolute atomic E-state index is 12.9. The van der Waals surface area contributed by atoms with Crippen molar-refractivity contribution in [3.05, 3.63) is 23.3 Å². The normalized spacial score (nSPS) is 13.0. The van der Waals surface area contributed by atoms with Crippen LogP contribution in [0.15, 0.2) is 6.20 Å². The van der Waals surface area contributed by atoms with Crippen LogP contribution in [0.25, 0.3) is 0 Å². The standard InChI is InChI=1S/C12H17BrF2N2O/c1-3-5-9(18-4-2)12-16-7-8(6-13)10(17-12)11(14)15/h7,9,11H,3-6H2,1-2H3. The lowest BCUT2D eigenvalue weighted by atomic mass is 10.2. The molecular formula is C12H17BrF2N2O. The number of ether oxygens (including phenoxy) is 1. The van der Waals surface area contributed by atoms with Crippen molar-refractivity contribution in [3.63, 3.8) is 0 Å². The lowest BCUT2D eigenvalue weighted by Crippen LogP contribution is -2.11. The quantitative estimate of drug-likeness (QED) is 0.706. The molecule has 0 amide bonds. The molecular weight excluding hydrogens is 306 g/mol. The molecule has 1 heterocycles. The van der Waals surface area contributed by atoms with Gasteiger partial charge >= 0.3 is 0 Å². The summed E-state index contributed by atoms with van der Waals surface area (Å²) in [5.41, 5.74) is 0.207. The van der Waals surface area contributed by atoms with Gasteiger partial charge in [-0.2, -0.15) is 0 Å². The largest absolute Gasteiger partial charge is 0.371 e. The van der Waals surface area contributed by atoms with Crippen LogP contribution in [-0.2, 0) is 10.1 Å². The Hall–Kier alpha value is -0.620. The Morgan fingerprint density at radius 3 is 2.61 bits per heavy atom. The average Bonchev–Trinajstić information content (AvgIpc) is 2.37. The van der Waals surface area contributed by atoms with Crippen LogP contribution in [0.4, 0.5) is 8.78 Å². The van der Waals surface area contributed by atoms with E-state index >= 15 is 0 Å². The number of nitrogens with zero attached hydrogens (tertiary/aromatic N) is 2. The summed E-state index contributed by atoms with van der Waals surface area (Å²) in [5, 5.41) is 0.319. The van der Waals surface area contributed by atoms with Crippen LogP contribution in [0.3, 0.4) is 0 Å². The van der Waals surface area contributed by atoms with Gasteiger partial charge in [-0.05, 0) is 13.3 Å². The van der Waals surface area contributed by atoms with Crippen molar-refractivity contribution in [2.75, 3.05) is 6.61 Å². The molecule has 0 fully saturated rings. The second-order valence-electron chi connectivity index (χ2n) is 3.81. The van der Waals surface area contributed by atoms with E-state index < -0.39 is 6.43 Å². The first-order chi connectivity index (χ1) is 8.63. The first-order valence-electron chi connectivity index (χ1n) is 5.95. The molecule has 0 aliphatic heterocycles. The highest BCUT2D eigenvalue weighted by Crippen LogP contribution is 2.26. The average molecular weight is 323 g/mol. The third-order valence-electron chi connectivity index (χ3n) is 2.47. The number of rotatable bonds is 7. The number of halogens is 3. The maximum atomic E-state index is 12.9. The van der Waals surface area contributed by atoms with E-state index in [0.29, 0.717) is 23.3 Å². The lowest BCUT2D eigenvalue weighted by Gasteiger charge is -2.16. The Kier molecular flexibility index (Phi) is 6.63. The highest BCUT2D eigenvalue weighted by Gasteiger charge is 2.20. The molecule has 0 radical (unpaired) electrons. The molecule has 1 rings (SSSR count). The smallest absolute Gasteiger partial charge is 0.280 e. The zero-order chi connectivity index (χ0) is 13.5. The molecule has 6 heteroatoms. The van der Waals surface area contributed by atoms with Gasteiger partial charge in [0.25, 0.3) is 6.43 Å². The highest BCUT2D eigenvalue weighted by molar-refractivity contribution is 9.08. The molecule has 1 atom stereocenters. The number of hydrogen-bond donors (Lipinski definition) is 0. The molecule has 102 valence electrons. The van der Waals surface area contributed by atoms with E-state index in [-0.39, 0.29) is 11.8 Å². The Balaban J connectivity index is 3.04. The van der Waals surface area contributed by atoms with Crippen molar-refractivity contribution in [1.29, 1.82) is 0 Å². The van der Waals surface area contributed by atoms with Crippen LogP contribution in [0.1, 0.15) is 56.3 Å². The molecule has 0 aliphatic rings. The Bertz CT molecular complexity index is 371. The molecule has 1 unspecified atom stereocenters. The van der Waals surface area contributed by atoms with E-state index in [1.54, 1.807) is 0 Å². The lowest BCUT2D eigenvalue weighted by molar-refractivity contribution is 0.0483. The first-order valence-corrected chi connectivity index (χ1v) is 7.07. The molecule has 18 heavy (non-hydrogen) atoms. The fraction of sp³-hybridized carbons (Fsp3) is 0.667. The van der Waals surface area contributed by atoms with Gasteiger partial charge in [-0.1, -0.05) is 29.3 Å². The summed E-state index contributed by atoms with van der Waals surface area (Å²) in [6.45, 7) is 4.38. The molecule has 1 aromatic rings. The summed E-state index contributed by atoms with van der Waals surface area (Å²) in [6.07, 6.45) is 0.160. The number of hydrogen-bond acceptors (Lipinski definition) is 3. The Morgan fingerprint density at radius 1 is 1.39 bits per heavy atom. The van der Waals surface area contributed by atoms with Crippen molar-refractivity contribution in [1.82, 2.24) is 9.97 Å². The van der Waals surface area contributed by atoms with Crippen molar-refractivity contribution in [2.24, 2.45) is 0 Å². The van der Waals surface area contributed by atoms with Crippen LogP contribution in [0, 0.1) is 0 Å². The predicted octanol–water partition coefficient (Wildman–Crippen LogP) is 4.19. The van der Waals surface area contributed by atoms with Crippen LogP contribution in [0.2, 0.25) is 0 Å². The summed E-state index contributed by atoms with van der Waals surface area (Å²) >= 11 is 3.16. The molecule has 0 N–H and O–H groups in total. The minimum Gasteiger partial charge on any atom is -0.371 e. The van der Waals surface area contributed by atoms with Gasteiger partial charge in [0, 0.05) is 23.7 Å². The van der Waals surface area contributed by atoms with Crippen molar-refractivity contribution in [2.45, 2.75) is 44.5 Å². The number of alkyl halides is 3. The molecule has 0 spiro atoms. The first kappa shape index (κ1) is 15.4. The van der Waals surface area contributed by atoms with Crippen LogP contribution < -0.4 is 0 Å². The molecule has 0 saturated carbocycles. The van der Waals surface area contributed by atoms with Crippen molar-refractivity contribution in [3.8, 4) is 0 Å². The number of aromatic nitrogens is 2. The van der Waals surface area contributed by atoms with E-state index in [2.05, 4.69) is 25.9 Å². The zero-order valence-corrected chi connectivity index (χ0v) is 12.1.